The van der Waals surface area contributed by atoms with Gasteiger partial charge in [0.15, 0.2) is 0 Å². The molecule has 4 heteroatoms. The lowest BCUT2D eigenvalue weighted by Gasteiger charge is -2.16. The van der Waals surface area contributed by atoms with Crippen molar-refractivity contribution >= 4 is 11.6 Å². The number of nitrogens with zero attached hydrogens (tertiary/aromatic N) is 1. The minimum absolute atomic E-state index is 0.00102. The Bertz CT molecular complexity index is 384. The van der Waals surface area contributed by atoms with Crippen LogP contribution in [0.5, 0.6) is 5.75 Å². The number of nitrogens with two attached hydrogens (primary N) is 1. The molecule has 1 saturated heterocycles. The summed E-state index contributed by atoms with van der Waals surface area (Å²) in [7, 11) is 0. The van der Waals surface area contributed by atoms with Gasteiger partial charge in [0.25, 0.3) is 5.91 Å². The molecular weight excluding hydrogens is 192 g/mol. The topological polar surface area (TPSA) is 66.6 Å². The summed E-state index contributed by atoms with van der Waals surface area (Å²) in [6, 6.07) is 4.56. The van der Waals surface area contributed by atoms with Crippen LogP contribution in [0.15, 0.2) is 18.2 Å². The first-order valence-corrected chi connectivity index (χ1v) is 5.06. The first-order chi connectivity index (χ1) is 7.18. The molecule has 1 aliphatic heterocycles. The number of phenols is 1. The number of aromatic hydroxyl groups is 1. The molecule has 0 spiro atoms. The monoisotopic (exact) mass is 206 g/mol. The van der Waals surface area contributed by atoms with Crippen molar-refractivity contribution in [1.82, 2.24) is 4.90 Å². The number of hydrogen-bond donors (Lipinski definition) is 2. The van der Waals surface area contributed by atoms with Crippen molar-refractivity contribution in [1.29, 1.82) is 0 Å². The Morgan fingerprint density at radius 3 is 2.67 bits per heavy atom. The standard InChI is InChI=1S/C11H14N2O2/c12-8-3-4-10(14)9(7-8)11(15)13-5-1-2-6-13/h3-4,7,14H,1-2,5-6,12H2. The van der Waals surface area contributed by atoms with Crippen molar-refractivity contribution in [3.63, 3.8) is 0 Å². The van der Waals surface area contributed by atoms with Crippen LogP contribution >= 0.6 is 0 Å². The minimum atomic E-state index is -0.127. The van der Waals surface area contributed by atoms with E-state index >= 15 is 0 Å². The molecule has 0 atom stereocenters. The van der Waals surface area contributed by atoms with E-state index in [-0.39, 0.29) is 11.7 Å². The van der Waals surface area contributed by atoms with Gasteiger partial charge in [-0.1, -0.05) is 0 Å². The van der Waals surface area contributed by atoms with E-state index < -0.39 is 0 Å². The van der Waals surface area contributed by atoms with E-state index in [1.165, 1.54) is 12.1 Å². The van der Waals surface area contributed by atoms with E-state index in [9.17, 15) is 9.90 Å². The smallest absolute Gasteiger partial charge is 0.257 e. The van der Waals surface area contributed by atoms with Crippen molar-refractivity contribution in [2.75, 3.05) is 18.8 Å². The molecule has 3 N–H and O–H groups in total. The Labute approximate surface area is 88.3 Å². The number of anilines is 1. The molecule has 0 saturated carbocycles. The van der Waals surface area contributed by atoms with Crippen LogP contribution in [0.1, 0.15) is 23.2 Å². The van der Waals surface area contributed by atoms with Crippen LogP contribution in [0.4, 0.5) is 5.69 Å². The van der Waals surface area contributed by atoms with Gasteiger partial charge >= 0.3 is 0 Å². The van der Waals surface area contributed by atoms with Crippen LogP contribution in [0.3, 0.4) is 0 Å². The average molecular weight is 206 g/mol. The van der Waals surface area contributed by atoms with Crippen molar-refractivity contribution in [3.8, 4) is 5.75 Å². The highest BCUT2D eigenvalue weighted by Crippen LogP contribution is 2.23. The van der Waals surface area contributed by atoms with Crippen LogP contribution in [-0.4, -0.2) is 29.0 Å². The molecule has 2 rings (SSSR count). The number of phenolic OH excluding ortho intramolecular Hbond substituents is 1. The molecular formula is C11H14N2O2. The number of nitrogen functional groups attached to an aromatic ring is 1. The maximum Gasteiger partial charge on any atom is 0.257 e. The Balaban J connectivity index is 2.27. The maximum atomic E-state index is 11.9. The average Bonchev–Trinajstić information content (AvgIpc) is 2.74. The predicted octanol–water partition coefficient (Wildman–Crippen LogP) is 1.21. The second kappa shape index (κ2) is 3.81. The molecule has 0 aliphatic carbocycles. The molecule has 1 aromatic rings. The van der Waals surface area contributed by atoms with E-state index in [0.717, 1.165) is 25.9 Å². The van der Waals surface area contributed by atoms with Crippen LogP contribution in [-0.2, 0) is 0 Å². The molecule has 0 unspecified atom stereocenters. The van der Waals surface area contributed by atoms with Crippen LogP contribution in [0.25, 0.3) is 0 Å². The number of amides is 1. The molecule has 4 nitrogen and oxygen atoms in total. The zero-order valence-corrected chi connectivity index (χ0v) is 8.44. The molecule has 1 amide bonds. The van der Waals surface area contributed by atoms with Gasteiger partial charge in [-0.3, -0.25) is 4.79 Å². The van der Waals surface area contributed by atoms with Gasteiger partial charge < -0.3 is 15.7 Å². The number of hydrogen-bond acceptors (Lipinski definition) is 3. The second-order valence-electron chi connectivity index (χ2n) is 3.78. The summed E-state index contributed by atoms with van der Waals surface area (Å²) in [5, 5.41) is 9.56. The lowest BCUT2D eigenvalue weighted by molar-refractivity contribution is 0.0790. The summed E-state index contributed by atoms with van der Waals surface area (Å²) in [5.41, 5.74) is 6.38. The number of carbonyl (C=O) groups is 1. The summed E-state index contributed by atoms with van der Waals surface area (Å²) in [4.78, 5) is 13.7. The largest absolute Gasteiger partial charge is 0.507 e. The fraction of sp³-hybridized carbons (Fsp3) is 0.364. The van der Waals surface area contributed by atoms with Crippen LogP contribution in [0.2, 0.25) is 0 Å². The van der Waals surface area contributed by atoms with Gasteiger partial charge in [-0.15, -0.1) is 0 Å². The first-order valence-electron chi connectivity index (χ1n) is 5.06. The summed E-state index contributed by atoms with van der Waals surface area (Å²) in [6.45, 7) is 1.54. The minimum Gasteiger partial charge on any atom is -0.507 e. The van der Waals surface area contributed by atoms with Crippen LogP contribution in [0, 0.1) is 0 Å². The molecule has 1 aliphatic rings. The van der Waals surface area contributed by atoms with E-state index in [2.05, 4.69) is 0 Å². The molecule has 0 radical (unpaired) electrons. The van der Waals surface area contributed by atoms with Gasteiger partial charge in [-0.2, -0.15) is 0 Å². The highest BCUT2D eigenvalue weighted by atomic mass is 16.3. The molecule has 1 fully saturated rings. The normalized spacial score (nSPS) is 15.6. The Morgan fingerprint density at radius 1 is 1.33 bits per heavy atom. The third-order valence-corrected chi connectivity index (χ3v) is 2.64. The predicted molar refractivity (Wildman–Crippen MR) is 57.7 cm³/mol. The number of rotatable bonds is 1. The zero-order valence-electron chi connectivity index (χ0n) is 8.44. The van der Waals surface area contributed by atoms with Crippen molar-refractivity contribution in [2.24, 2.45) is 0 Å². The second-order valence-corrected chi connectivity index (χ2v) is 3.78. The van der Waals surface area contributed by atoms with Crippen molar-refractivity contribution in [2.45, 2.75) is 12.8 Å². The van der Waals surface area contributed by atoms with E-state index in [4.69, 9.17) is 5.73 Å². The quantitative estimate of drug-likeness (QED) is 0.536. The number of carbonyl (C=O) groups excluding carboxylic acids is 1. The maximum absolute atomic E-state index is 11.9. The fourth-order valence-corrected chi connectivity index (χ4v) is 1.82. The molecule has 1 aromatic carbocycles. The number of likely N-dealkylation sites (tertiary alicyclic amines) is 1. The summed E-state index contributed by atoms with van der Waals surface area (Å²) < 4.78 is 0. The van der Waals surface area contributed by atoms with Crippen molar-refractivity contribution < 1.29 is 9.90 Å². The molecule has 0 aromatic heterocycles. The lowest BCUT2D eigenvalue weighted by Crippen LogP contribution is -2.27. The third kappa shape index (κ3) is 1.88. The van der Waals surface area contributed by atoms with Gasteiger partial charge in [0.05, 0.1) is 5.56 Å². The summed E-state index contributed by atoms with van der Waals surface area (Å²) >= 11 is 0. The van der Waals surface area contributed by atoms with Gasteiger partial charge in [0.2, 0.25) is 0 Å². The van der Waals surface area contributed by atoms with Gasteiger partial charge in [-0.25, -0.2) is 0 Å². The van der Waals surface area contributed by atoms with Crippen LogP contribution < -0.4 is 5.73 Å². The Kier molecular flexibility index (Phi) is 2.49. The Morgan fingerprint density at radius 2 is 2.00 bits per heavy atom. The Hall–Kier alpha value is -1.71. The lowest BCUT2D eigenvalue weighted by atomic mass is 10.1. The van der Waals surface area contributed by atoms with Crippen molar-refractivity contribution in [3.05, 3.63) is 23.8 Å². The molecule has 0 bridgehead atoms. The van der Waals surface area contributed by atoms with E-state index in [1.807, 2.05) is 0 Å². The molecule has 15 heavy (non-hydrogen) atoms. The zero-order chi connectivity index (χ0) is 10.8. The number of benzene rings is 1. The van der Waals surface area contributed by atoms with E-state index in [1.54, 1.807) is 11.0 Å². The molecule has 80 valence electrons. The highest BCUT2D eigenvalue weighted by Gasteiger charge is 2.21. The summed E-state index contributed by atoms with van der Waals surface area (Å²) in [5.74, 6) is -0.126. The summed E-state index contributed by atoms with van der Waals surface area (Å²) in [6.07, 6.45) is 2.07. The fourth-order valence-electron chi connectivity index (χ4n) is 1.82. The SMILES string of the molecule is Nc1ccc(O)c(C(=O)N2CCCC2)c1. The molecule has 1 heterocycles. The third-order valence-electron chi connectivity index (χ3n) is 2.64. The highest BCUT2D eigenvalue weighted by molar-refractivity contribution is 5.97. The van der Waals surface area contributed by atoms with Gasteiger partial charge in [0, 0.05) is 18.8 Å². The van der Waals surface area contributed by atoms with Gasteiger partial charge in [-0.05, 0) is 31.0 Å². The van der Waals surface area contributed by atoms with E-state index in [0.29, 0.717) is 11.3 Å². The van der Waals surface area contributed by atoms with Gasteiger partial charge in [0.1, 0.15) is 5.75 Å². The first kappa shape index (κ1) is 9.83.